The van der Waals surface area contributed by atoms with Gasteiger partial charge in [-0.15, -0.1) is 0 Å². The Kier molecular flexibility index (Phi) is 6.22. The van der Waals surface area contributed by atoms with Crippen LogP contribution in [-0.4, -0.2) is 37.5 Å². The van der Waals surface area contributed by atoms with Crippen LogP contribution >= 0.6 is 0 Å². The SMILES string of the molecule is COCCC(C)NCC1CCCC(O)C1. The highest BCUT2D eigenvalue weighted by Crippen LogP contribution is 2.23. The number of aliphatic hydroxyl groups excluding tert-OH is 1. The molecule has 3 nitrogen and oxygen atoms in total. The molecule has 1 rings (SSSR count). The molecule has 1 aliphatic carbocycles. The molecule has 0 aromatic carbocycles. The van der Waals surface area contributed by atoms with Crippen LogP contribution in [0.4, 0.5) is 0 Å². The lowest BCUT2D eigenvalue weighted by Gasteiger charge is -2.27. The van der Waals surface area contributed by atoms with Crippen molar-refractivity contribution in [1.82, 2.24) is 5.32 Å². The van der Waals surface area contributed by atoms with Gasteiger partial charge < -0.3 is 15.2 Å². The highest BCUT2D eigenvalue weighted by Gasteiger charge is 2.20. The topological polar surface area (TPSA) is 41.5 Å². The van der Waals surface area contributed by atoms with Gasteiger partial charge in [-0.25, -0.2) is 0 Å². The van der Waals surface area contributed by atoms with Gasteiger partial charge in [0.15, 0.2) is 0 Å². The standard InChI is InChI=1S/C12H25NO2/c1-10(6-7-15-2)13-9-11-4-3-5-12(14)8-11/h10-14H,3-9H2,1-2H3. The second-order valence-electron chi connectivity index (χ2n) is 4.78. The molecule has 2 N–H and O–H groups in total. The van der Waals surface area contributed by atoms with E-state index in [1.807, 2.05) is 0 Å². The Morgan fingerprint density at radius 2 is 2.27 bits per heavy atom. The van der Waals surface area contributed by atoms with Crippen LogP contribution in [-0.2, 0) is 4.74 Å². The van der Waals surface area contributed by atoms with E-state index in [9.17, 15) is 5.11 Å². The predicted octanol–water partition coefficient (Wildman–Crippen LogP) is 1.55. The molecule has 0 radical (unpaired) electrons. The summed E-state index contributed by atoms with van der Waals surface area (Å²) in [6, 6.07) is 0.518. The van der Waals surface area contributed by atoms with Crippen LogP contribution in [0.3, 0.4) is 0 Å². The molecule has 0 aromatic heterocycles. The number of nitrogens with one attached hydrogen (secondary N) is 1. The first-order valence-electron chi connectivity index (χ1n) is 6.12. The Bertz CT molecular complexity index is 164. The van der Waals surface area contributed by atoms with Crippen molar-refractivity contribution in [2.75, 3.05) is 20.3 Å². The average Bonchev–Trinajstić information content (AvgIpc) is 2.23. The third-order valence-corrected chi connectivity index (χ3v) is 3.27. The molecule has 90 valence electrons. The number of hydrogen-bond acceptors (Lipinski definition) is 3. The first kappa shape index (κ1) is 12.9. The molecule has 1 fully saturated rings. The second kappa shape index (κ2) is 7.20. The van der Waals surface area contributed by atoms with Crippen LogP contribution in [0.1, 0.15) is 39.0 Å². The van der Waals surface area contributed by atoms with Gasteiger partial charge in [-0.05, 0) is 45.1 Å². The number of aliphatic hydroxyl groups is 1. The maximum Gasteiger partial charge on any atom is 0.0543 e. The van der Waals surface area contributed by atoms with E-state index in [1.165, 1.54) is 12.8 Å². The van der Waals surface area contributed by atoms with E-state index in [0.29, 0.717) is 12.0 Å². The quantitative estimate of drug-likeness (QED) is 0.706. The fraction of sp³-hybridized carbons (Fsp3) is 1.00. The summed E-state index contributed by atoms with van der Waals surface area (Å²) in [5.41, 5.74) is 0. The Balaban J connectivity index is 2.07. The van der Waals surface area contributed by atoms with E-state index >= 15 is 0 Å². The van der Waals surface area contributed by atoms with E-state index in [-0.39, 0.29) is 6.10 Å². The summed E-state index contributed by atoms with van der Waals surface area (Å²) < 4.78 is 5.04. The molecular weight excluding hydrogens is 190 g/mol. The minimum atomic E-state index is -0.0557. The molecule has 0 bridgehead atoms. The van der Waals surface area contributed by atoms with Crippen LogP contribution in [0.15, 0.2) is 0 Å². The lowest BCUT2D eigenvalue weighted by Crippen LogP contribution is -2.34. The Morgan fingerprint density at radius 1 is 1.47 bits per heavy atom. The minimum Gasteiger partial charge on any atom is -0.393 e. The molecule has 0 aliphatic heterocycles. The number of methoxy groups -OCH3 is 1. The van der Waals surface area contributed by atoms with Crippen molar-refractivity contribution in [3.8, 4) is 0 Å². The summed E-state index contributed by atoms with van der Waals surface area (Å²) >= 11 is 0. The van der Waals surface area contributed by atoms with Crippen molar-refractivity contribution in [3.63, 3.8) is 0 Å². The molecule has 1 saturated carbocycles. The van der Waals surface area contributed by atoms with Crippen molar-refractivity contribution in [3.05, 3.63) is 0 Å². The third-order valence-electron chi connectivity index (χ3n) is 3.27. The van der Waals surface area contributed by atoms with Gasteiger partial charge in [0.1, 0.15) is 0 Å². The molecule has 0 amide bonds. The summed E-state index contributed by atoms with van der Waals surface area (Å²) in [5.74, 6) is 0.666. The third kappa shape index (κ3) is 5.50. The maximum atomic E-state index is 9.54. The van der Waals surface area contributed by atoms with Crippen molar-refractivity contribution in [2.24, 2.45) is 5.92 Å². The van der Waals surface area contributed by atoms with Crippen LogP contribution in [0.5, 0.6) is 0 Å². The predicted molar refractivity (Wildman–Crippen MR) is 61.9 cm³/mol. The van der Waals surface area contributed by atoms with E-state index in [4.69, 9.17) is 4.74 Å². The van der Waals surface area contributed by atoms with Crippen molar-refractivity contribution in [1.29, 1.82) is 0 Å². The first-order valence-corrected chi connectivity index (χ1v) is 6.12. The molecule has 0 heterocycles. The molecule has 15 heavy (non-hydrogen) atoms. The van der Waals surface area contributed by atoms with Gasteiger partial charge in [-0.1, -0.05) is 6.42 Å². The summed E-state index contributed by atoms with van der Waals surface area (Å²) in [6.45, 7) is 4.06. The highest BCUT2D eigenvalue weighted by atomic mass is 16.5. The maximum absolute atomic E-state index is 9.54. The zero-order valence-electron chi connectivity index (χ0n) is 10.0. The van der Waals surface area contributed by atoms with E-state index in [0.717, 1.165) is 32.4 Å². The van der Waals surface area contributed by atoms with Gasteiger partial charge in [0.25, 0.3) is 0 Å². The summed E-state index contributed by atoms with van der Waals surface area (Å²) in [6.07, 6.45) is 5.42. The molecule has 0 spiro atoms. The van der Waals surface area contributed by atoms with Gasteiger partial charge >= 0.3 is 0 Å². The van der Waals surface area contributed by atoms with Crippen molar-refractivity contribution < 1.29 is 9.84 Å². The van der Waals surface area contributed by atoms with Gasteiger partial charge in [-0.3, -0.25) is 0 Å². The van der Waals surface area contributed by atoms with E-state index < -0.39 is 0 Å². The van der Waals surface area contributed by atoms with Gasteiger partial charge in [-0.2, -0.15) is 0 Å². The van der Waals surface area contributed by atoms with Crippen molar-refractivity contribution >= 4 is 0 Å². The molecule has 0 aromatic rings. The number of hydrogen-bond donors (Lipinski definition) is 2. The summed E-state index contributed by atoms with van der Waals surface area (Å²) in [4.78, 5) is 0. The van der Waals surface area contributed by atoms with Crippen LogP contribution in [0, 0.1) is 5.92 Å². The fourth-order valence-electron chi connectivity index (χ4n) is 2.21. The smallest absolute Gasteiger partial charge is 0.0543 e. The van der Waals surface area contributed by atoms with E-state index in [2.05, 4.69) is 12.2 Å². The highest BCUT2D eigenvalue weighted by molar-refractivity contribution is 4.75. The van der Waals surface area contributed by atoms with Crippen LogP contribution in [0.25, 0.3) is 0 Å². The molecular formula is C12H25NO2. The molecule has 0 saturated heterocycles. The number of ether oxygens (including phenoxy) is 1. The van der Waals surface area contributed by atoms with Crippen molar-refractivity contribution in [2.45, 2.75) is 51.2 Å². The normalized spacial score (nSPS) is 29.0. The van der Waals surface area contributed by atoms with Crippen LogP contribution < -0.4 is 5.32 Å². The Morgan fingerprint density at radius 3 is 2.93 bits per heavy atom. The molecule has 3 atom stereocenters. The zero-order valence-corrected chi connectivity index (χ0v) is 10.0. The lowest BCUT2D eigenvalue weighted by molar-refractivity contribution is 0.0990. The van der Waals surface area contributed by atoms with Gasteiger partial charge in [0.2, 0.25) is 0 Å². The Hall–Kier alpha value is -0.120. The Labute approximate surface area is 93.2 Å². The first-order chi connectivity index (χ1) is 7.22. The fourth-order valence-corrected chi connectivity index (χ4v) is 2.21. The average molecular weight is 215 g/mol. The minimum absolute atomic E-state index is 0.0557. The van der Waals surface area contributed by atoms with Gasteiger partial charge in [0.05, 0.1) is 6.10 Å². The van der Waals surface area contributed by atoms with Crippen LogP contribution in [0.2, 0.25) is 0 Å². The monoisotopic (exact) mass is 215 g/mol. The van der Waals surface area contributed by atoms with E-state index in [1.54, 1.807) is 7.11 Å². The number of rotatable bonds is 6. The molecule has 3 heteroatoms. The van der Waals surface area contributed by atoms with Gasteiger partial charge in [0, 0.05) is 19.8 Å². The molecule has 3 unspecified atom stereocenters. The summed E-state index contributed by atoms with van der Waals surface area (Å²) in [5, 5.41) is 13.1. The lowest BCUT2D eigenvalue weighted by atomic mass is 9.87. The second-order valence-corrected chi connectivity index (χ2v) is 4.78. The summed E-state index contributed by atoms with van der Waals surface area (Å²) in [7, 11) is 1.74. The zero-order chi connectivity index (χ0) is 11.1. The molecule has 1 aliphatic rings. The largest absolute Gasteiger partial charge is 0.393 e.